The van der Waals surface area contributed by atoms with Crippen LogP contribution in [-0.2, 0) is 4.79 Å². The van der Waals surface area contributed by atoms with Gasteiger partial charge in [-0.05, 0) is 60.8 Å². The number of hydrogen-bond donors (Lipinski definition) is 0. The van der Waals surface area contributed by atoms with Gasteiger partial charge in [-0.15, -0.1) is 0 Å². The van der Waals surface area contributed by atoms with Gasteiger partial charge in [0.25, 0.3) is 0 Å². The third-order valence-electron chi connectivity index (χ3n) is 6.20. The Morgan fingerprint density at radius 3 is 2.71 bits per heavy atom. The van der Waals surface area contributed by atoms with Crippen molar-refractivity contribution in [3.8, 4) is 0 Å². The van der Waals surface area contributed by atoms with E-state index in [1.54, 1.807) is 0 Å². The van der Waals surface area contributed by atoms with Crippen LogP contribution in [0, 0.1) is 22.7 Å². The zero-order chi connectivity index (χ0) is 15.7. The van der Waals surface area contributed by atoms with Gasteiger partial charge in [-0.1, -0.05) is 57.6 Å². The van der Waals surface area contributed by atoms with Crippen LogP contribution in [0.4, 0.5) is 0 Å². The van der Waals surface area contributed by atoms with Crippen molar-refractivity contribution in [2.24, 2.45) is 22.7 Å². The van der Waals surface area contributed by atoms with Gasteiger partial charge in [0.05, 0.1) is 0 Å². The van der Waals surface area contributed by atoms with E-state index < -0.39 is 0 Å². The maximum absolute atomic E-state index is 11.6. The molecule has 21 heavy (non-hydrogen) atoms. The van der Waals surface area contributed by atoms with Crippen LogP contribution in [-0.4, -0.2) is 6.29 Å². The summed E-state index contributed by atoms with van der Waals surface area (Å²) in [6.45, 7) is 13.2. The molecule has 0 aromatic heterocycles. The van der Waals surface area contributed by atoms with Crippen LogP contribution in [0.15, 0.2) is 36.0 Å². The van der Waals surface area contributed by atoms with Crippen molar-refractivity contribution >= 4 is 6.29 Å². The Balaban J connectivity index is 2.38. The number of fused-ring (bicyclic) bond motifs is 1. The molecule has 0 amide bonds. The maximum atomic E-state index is 11.6. The Kier molecular flexibility index (Phi) is 4.60. The molecule has 0 bridgehead atoms. The fourth-order valence-electron chi connectivity index (χ4n) is 4.87. The van der Waals surface area contributed by atoms with E-state index in [0.717, 1.165) is 24.7 Å². The molecule has 116 valence electrons. The summed E-state index contributed by atoms with van der Waals surface area (Å²) in [5.41, 5.74) is 2.87. The number of allylic oxidation sites excluding steroid dienone is 5. The minimum absolute atomic E-state index is 0.255. The van der Waals surface area contributed by atoms with Gasteiger partial charge < -0.3 is 0 Å². The molecule has 0 spiro atoms. The van der Waals surface area contributed by atoms with Gasteiger partial charge in [0.15, 0.2) is 0 Å². The highest BCUT2D eigenvalue weighted by Crippen LogP contribution is 2.60. The smallest absolute Gasteiger partial charge is 0.146 e. The molecule has 1 saturated carbocycles. The molecule has 0 aromatic carbocycles. The van der Waals surface area contributed by atoms with Gasteiger partial charge in [0.2, 0.25) is 0 Å². The molecule has 0 saturated heterocycles. The lowest BCUT2D eigenvalue weighted by molar-refractivity contribution is -0.107. The number of hydrogen-bond acceptors (Lipinski definition) is 1. The number of carbonyl (C=O) groups is 1. The summed E-state index contributed by atoms with van der Waals surface area (Å²) < 4.78 is 0. The first-order valence-electron chi connectivity index (χ1n) is 8.29. The molecular formula is C20H30O. The molecule has 1 fully saturated rings. The number of rotatable bonds is 4. The van der Waals surface area contributed by atoms with E-state index in [1.807, 2.05) is 6.08 Å². The Morgan fingerprint density at radius 2 is 2.10 bits per heavy atom. The van der Waals surface area contributed by atoms with Crippen molar-refractivity contribution in [1.29, 1.82) is 0 Å². The minimum Gasteiger partial charge on any atom is -0.298 e. The molecule has 0 unspecified atom stereocenters. The molecule has 1 nitrogen and oxygen atoms in total. The Morgan fingerprint density at radius 1 is 1.38 bits per heavy atom. The molecule has 2 aliphatic carbocycles. The first-order chi connectivity index (χ1) is 9.85. The molecular weight excluding hydrogens is 256 g/mol. The van der Waals surface area contributed by atoms with Gasteiger partial charge in [0, 0.05) is 0 Å². The highest BCUT2D eigenvalue weighted by molar-refractivity contribution is 5.74. The third-order valence-corrected chi connectivity index (χ3v) is 6.20. The molecule has 0 radical (unpaired) electrons. The first kappa shape index (κ1) is 16.3. The van der Waals surface area contributed by atoms with Crippen LogP contribution in [0.5, 0.6) is 0 Å². The Bertz CT molecular complexity index is 480. The van der Waals surface area contributed by atoms with E-state index in [2.05, 4.69) is 46.4 Å². The van der Waals surface area contributed by atoms with E-state index in [9.17, 15) is 4.79 Å². The predicted molar refractivity (Wildman–Crippen MR) is 90.1 cm³/mol. The summed E-state index contributed by atoms with van der Waals surface area (Å²) >= 11 is 0. The van der Waals surface area contributed by atoms with Crippen LogP contribution in [0.25, 0.3) is 0 Å². The summed E-state index contributed by atoms with van der Waals surface area (Å²) in [6.07, 6.45) is 13.3. The standard InChI is InChI=1S/C20H30O/c1-6-15(2)8-10-17-16(14-21)9-11-18-19(3,4)12-7-13-20(17,18)5/h6,8-9,14,17-18H,1,7,10-13H2,2-5H3/b15-8+/t17-,18-,20+/m0/s1. The topological polar surface area (TPSA) is 17.1 Å². The fourth-order valence-corrected chi connectivity index (χ4v) is 4.87. The fraction of sp³-hybridized carbons (Fsp3) is 0.650. The summed E-state index contributed by atoms with van der Waals surface area (Å²) in [6, 6.07) is 0. The van der Waals surface area contributed by atoms with E-state index in [0.29, 0.717) is 17.3 Å². The quantitative estimate of drug-likeness (QED) is 0.493. The SMILES string of the molecule is C=C/C(C)=C/C[C@H]1C(C=O)=CC[C@H]2C(C)(C)CCC[C@]12C. The zero-order valence-electron chi connectivity index (χ0n) is 14.1. The van der Waals surface area contributed by atoms with Gasteiger partial charge in [0.1, 0.15) is 6.29 Å². The number of carbonyl (C=O) groups excluding carboxylic acids is 1. The molecule has 3 atom stereocenters. The highest BCUT2D eigenvalue weighted by atomic mass is 16.1. The average molecular weight is 286 g/mol. The van der Waals surface area contributed by atoms with Crippen molar-refractivity contribution < 1.29 is 4.79 Å². The van der Waals surface area contributed by atoms with Crippen LogP contribution >= 0.6 is 0 Å². The lowest BCUT2D eigenvalue weighted by atomic mass is 9.48. The van der Waals surface area contributed by atoms with Crippen molar-refractivity contribution in [2.45, 2.75) is 59.8 Å². The van der Waals surface area contributed by atoms with Crippen LogP contribution in [0.1, 0.15) is 59.8 Å². The highest BCUT2D eigenvalue weighted by Gasteiger charge is 2.51. The largest absolute Gasteiger partial charge is 0.298 e. The minimum atomic E-state index is 0.255. The van der Waals surface area contributed by atoms with Gasteiger partial charge >= 0.3 is 0 Å². The summed E-state index contributed by atoms with van der Waals surface area (Å²) in [4.78, 5) is 11.6. The van der Waals surface area contributed by atoms with Gasteiger partial charge in [-0.3, -0.25) is 4.79 Å². The summed E-state index contributed by atoms with van der Waals surface area (Å²) in [5, 5.41) is 0. The second kappa shape index (κ2) is 5.94. The second-order valence-electron chi connectivity index (χ2n) is 7.90. The van der Waals surface area contributed by atoms with Crippen LogP contribution in [0.3, 0.4) is 0 Å². The maximum Gasteiger partial charge on any atom is 0.146 e. The van der Waals surface area contributed by atoms with E-state index in [4.69, 9.17) is 0 Å². The van der Waals surface area contributed by atoms with Crippen molar-refractivity contribution in [2.75, 3.05) is 0 Å². The molecule has 2 aliphatic rings. The molecule has 2 rings (SSSR count). The summed E-state index contributed by atoms with van der Waals surface area (Å²) in [7, 11) is 0. The first-order valence-corrected chi connectivity index (χ1v) is 8.29. The van der Waals surface area contributed by atoms with E-state index >= 15 is 0 Å². The van der Waals surface area contributed by atoms with Crippen LogP contribution in [0.2, 0.25) is 0 Å². The zero-order valence-corrected chi connectivity index (χ0v) is 14.1. The number of aldehydes is 1. The van der Waals surface area contributed by atoms with E-state index in [-0.39, 0.29) is 5.41 Å². The molecule has 0 heterocycles. The van der Waals surface area contributed by atoms with E-state index in [1.165, 1.54) is 24.8 Å². The van der Waals surface area contributed by atoms with Gasteiger partial charge in [-0.2, -0.15) is 0 Å². The van der Waals surface area contributed by atoms with Crippen LogP contribution < -0.4 is 0 Å². The monoisotopic (exact) mass is 286 g/mol. The normalized spacial score (nSPS) is 35.6. The Labute approximate surface area is 130 Å². The predicted octanol–water partition coefficient (Wildman–Crippen LogP) is 5.49. The lowest BCUT2D eigenvalue weighted by Crippen LogP contribution is -2.48. The Hall–Kier alpha value is -1.11. The molecule has 1 heteroatoms. The van der Waals surface area contributed by atoms with Gasteiger partial charge in [-0.25, -0.2) is 0 Å². The average Bonchev–Trinajstić information content (AvgIpc) is 2.43. The molecule has 0 aliphatic heterocycles. The lowest BCUT2D eigenvalue weighted by Gasteiger charge is -2.56. The summed E-state index contributed by atoms with van der Waals surface area (Å²) in [5.74, 6) is 1.05. The molecule has 0 N–H and O–H groups in total. The van der Waals surface area contributed by atoms with Crippen molar-refractivity contribution in [3.63, 3.8) is 0 Å². The van der Waals surface area contributed by atoms with Crippen molar-refractivity contribution in [1.82, 2.24) is 0 Å². The third kappa shape index (κ3) is 2.93. The van der Waals surface area contributed by atoms with Crippen molar-refractivity contribution in [3.05, 3.63) is 36.0 Å². The second-order valence-corrected chi connectivity index (χ2v) is 7.90. The molecule has 0 aromatic rings.